The lowest BCUT2D eigenvalue weighted by Crippen LogP contribution is -2.32. The molecule has 2 atom stereocenters. The van der Waals surface area contributed by atoms with Crippen LogP contribution in [-0.4, -0.2) is 11.0 Å². The topological polar surface area (TPSA) is 43.1 Å². The van der Waals surface area contributed by atoms with Crippen molar-refractivity contribution in [2.45, 2.75) is 44.6 Å². The molecule has 1 saturated carbocycles. The van der Waals surface area contributed by atoms with Crippen LogP contribution in [0.3, 0.4) is 0 Å². The van der Waals surface area contributed by atoms with Gasteiger partial charge in [0.25, 0.3) is 0 Å². The molecule has 1 aliphatic rings. The van der Waals surface area contributed by atoms with Crippen molar-refractivity contribution in [3.05, 3.63) is 46.0 Å². The van der Waals surface area contributed by atoms with Crippen molar-refractivity contribution < 1.29 is 4.92 Å². The minimum atomic E-state index is -0.299. The zero-order valence-corrected chi connectivity index (χ0v) is 10.0. The summed E-state index contributed by atoms with van der Waals surface area (Å²) >= 11 is 0. The Hall–Kier alpha value is -1.38. The number of nitrogens with zero attached hydrogens (tertiary/aromatic N) is 1. The maximum atomic E-state index is 11.0. The SMILES string of the molecule is O=[N+]([O-])C1CCCCC1CCc1ccccc1. The van der Waals surface area contributed by atoms with E-state index < -0.39 is 0 Å². The minimum Gasteiger partial charge on any atom is -0.264 e. The van der Waals surface area contributed by atoms with Crippen LogP contribution in [0.4, 0.5) is 0 Å². The van der Waals surface area contributed by atoms with Crippen molar-refractivity contribution in [1.29, 1.82) is 0 Å². The quantitative estimate of drug-likeness (QED) is 0.590. The van der Waals surface area contributed by atoms with Gasteiger partial charge in [-0.25, -0.2) is 0 Å². The fourth-order valence-electron chi connectivity index (χ4n) is 2.80. The van der Waals surface area contributed by atoms with E-state index in [2.05, 4.69) is 12.1 Å². The van der Waals surface area contributed by atoms with E-state index in [1.165, 1.54) is 5.56 Å². The van der Waals surface area contributed by atoms with Crippen molar-refractivity contribution in [3.8, 4) is 0 Å². The van der Waals surface area contributed by atoms with E-state index in [-0.39, 0.29) is 16.9 Å². The van der Waals surface area contributed by atoms with E-state index >= 15 is 0 Å². The molecule has 3 heteroatoms. The van der Waals surface area contributed by atoms with Crippen LogP contribution >= 0.6 is 0 Å². The lowest BCUT2D eigenvalue weighted by molar-refractivity contribution is -0.535. The first-order valence-electron chi connectivity index (χ1n) is 6.45. The van der Waals surface area contributed by atoms with E-state index in [0.717, 1.165) is 38.5 Å². The van der Waals surface area contributed by atoms with Gasteiger partial charge >= 0.3 is 0 Å². The molecule has 0 spiro atoms. The van der Waals surface area contributed by atoms with Gasteiger partial charge in [-0.15, -0.1) is 0 Å². The van der Waals surface area contributed by atoms with Gasteiger partial charge in [0.15, 0.2) is 0 Å². The van der Waals surface area contributed by atoms with Gasteiger partial charge in [0.05, 0.1) is 0 Å². The molecule has 0 N–H and O–H groups in total. The highest BCUT2D eigenvalue weighted by Crippen LogP contribution is 2.29. The van der Waals surface area contributed by atoms with E-state index in [0.29, 0.717) is 0 Å². The summed E-state index contributed by atoms with van der Waals surface area (Å²) in [7, 11) is 0. The summed E-state index contributed by atoms with van der Waals surface area (Å²) < 4.78 is 0. The number of nitro groups is 1. The Morgan fingerprint density at radius 1 is 1.18 bits per heavy atom. The lowest BCUT2D eigenvalue weighted by atomic mass is 9.81. The van der Waals surface area contributed by atoms with E-state index in [9.17, 15) is 10.1 Å². The molecule has 0 amide bonds. The van der Waals surface area contributed by atoms with Crippen LogP contribution in [0.2, 0.25) is 0 Å². The van der Waals surface area contributed by atoms with Crippen LogP contribution in [0.5, 0.6) is 0 Å². The Balaban J connectivity index is 1.90. The van der Waals surface area contributed by atoms with Gasteiger partial charge < -0.3 is 0 Å². The first-order chi connectivity index (χ1) is 8.27. The van der Waals surface area contributed by atoms with Gasteiger partial charge in [-0.05, 0) is 31.2 Å². The molecule has 0 heterocycles. The molecular formula is C14H19NO2. The molecule has 2 rings (SSSR count). The Morgan fingerprint density at radius 2 is 1.88 bits per heavy atom. The number of aryl methyl sites for hydroxylation is 1. The van der Waals surface area contributed by atoms with Crippen LogP contribution in [0.15, 0.2) is 30.3 Å². The third-order valence-corrected chi connectivity index (χ3v) is 3.79. The van der Waals surface area contributed by atoms with E-state index in [1.807, 2.05) is 18.2 Å². The molecule has 92 valence electrons. The fourth-order valence-corrected chi connectivity index (χ4v) is 2.80. The largest absolute Gasteiger partial charge is 0.264 e. The smallest absolute Gasteiger partial charge is 0.215 e. The standard InChI is InChI=1S/C14H19NO2/c16-15(17)14-9-5-4-8-13(14)11-10-12-6-2-1-3-7-12/h1-3,6-7,13-14H,4-5,8-11H2. The molecule has 1 aromatic rings. The Morgan fingerprint density at radius 3 is 2.59 bits per heavy atom. The fraction of sp³-hybridized carbons (Fsp3) is 0.571. The zero-order valence-electron chi connectivity index (χ0n) is 10.0. The maximum absolute atomic E-state index is 11.0. The predicted octanol–water partition coefficient (Wildman–Crippen LogP) is 3.45. The average Bonchev–Trinajstić information content (AvgIpc) is 2.38. The van der Waals surface area contributed by atoms with Gasteiger partial charge in [-0.2, -0.15) is 0 Å². The Labute approximate surface area is 102 Å². The summed E-state index contributed by atoms with van der Waals surface area (Å²) in [5.74, 6) is 0.277. The molecule has 0 radical (unpaired) electrons. The van der Waals surface area contributed by atoms with Gasteiger partial charge in [0.1, 0.15) is 0 Å². The highest BCUT2D eigenvalue weighted by molar-refractivity contribution is 5.14. The predicted molar refractivity (Wildman–Crippen MR) is 67.5 cm³/mol. The summed E-state index contributed by atoms with van der Waals surface area (Å²) in [6.07, 6.45) is 5.90. The second kappa shape index (κ2) is 5.80. The third-order valence-electron chi connectivity index (χ3n) is 3.79. The van der Waals surface area contributed by atoms with Crippen molar-refractivity contribution in [2.24, 2.45) is 5.92 Å². The molecular weight excluding hydrogens is 214 g/mol. The van der Waals surface area contributed by atoms with Crippen molar-refractivity contribution in [1.82, 2.24) is 0 Å². The minimum absolute atomic E-state index is 0.0607. The van der Waals surface area contributed by atoms with Crippen molar-refractivity contribution >= 4 is 0 Å². The highest BCUT2D eigenvalue weighted by atomic mass is 16.6. The van der Waals surface area contributed by atoms with Gasteiger partial charge in [0.2, 0.25) is 6.04 Å². The highest BCUT2D eigenvalue weighted by Gasteiger charge is 2.33. The van der Waals surface area contributed by atoms with Crippen LogP contribution in [0.25, 0.3) is 0 Å². The lowest BCUT2D eigenvalue weighted by Gasteiger charge is -2.25. The summed E-state index contributed by atoms with van der Waals surface area (Å²) in [6, 6.07) is 9.97. The van der Waals surface area contributed by atoms with Crippen molar-refractivity contribution in [2.75, 3.05) is 0 Å². The second-order valence-electron chi connectivity index (χ2n) is 4.92. The number of hydrogen-bond acceptors (Lipinski definition) is 2. The van der Waals surface area contributed by atoms with E-state index in [4.69, 9.17) is 0 Å². The number of rotatable bonds is 4. The molecule has 0 aromatic heterocycles. The molecule has 0 bridgehead atoms. The van der Waals surface area contributed by atoms with E-state index in [1.54, 1.807) is 0 Å². The summed E-state index contributed by atoms with van der Waals surface area (Å²) in [5, 5.41) is 11.0. The molecule has 1 aromatic carbocycles. The number of hydrogen-bond donors (Lipinski definition) is 0. The van der Waals surface area contributed by atoms with Crippen LogP contribution in [0, 0.1) is 16.0 Å². The molecule has 1 aliphatic carbocycles. The number of benzene rings is 1. The van der Waals surface area contributed by atoms with Gasteiger partial charge in [-0.3, -0.25) is 10.1 Å². The molecule has 17 heavy (non-hydrogen) atoms. The summed E-state index contributed by atoms with van der Waals surface area (Å²) in [4.78, 5) is 10.9. The molecule has 1 fully saturated rings. The summed E-state index contributed by atoms with van der Waals surface area (Å²) in [6.45, 7) is 0. The van der Waals surface area contributed by atoms with Crippen LogP contribution in [0.1, 0.15) is 37.7 Å². The zero-order chi connectivity index (χ0) is 12.1. The van der Waals surface area contributed by atoms with Crippen LogP contribution < -0.4 is 0 Å². The molecule has 0 aliphatic heterocycles. The first kappa shape index (κ1) is 12.1. The first-order valence-corrected chi connectivity index (χ1v) is 6.45. The second-order valence-corrected chi connectivity index (χ2v) is 4.92. The van der Waals surface area contributed by atoms with Gasteiger partial charge in [0, 0.05) is 17.3 Å². The third kappa shape index (κ3) is 3.29. The Bertz CT molecular complexity index is 364. The van der Waals surface area contributed by atoms with Crippen molar-refractivity contribution in [3.63, 3.8) is 0 Å². The normalized spacial score (nSPS) is 24.5. The average molecular weight is 233 g/mol. The Kier molecular flexibility index (Phi) is 4.13. The van der Waals surface area contributed by atoms with Crippen LogP contribution in [-0.2, 0) is 6.42 Å². The maximum Gasteiger partial charge on any atom is 0.215 e. The molecule has 2 unspecified atom stereocenters. The molecule has 0 saturated heterocycles. The summed E-state index contributed by atoms with van der Waals surface area (Å²) in [5.41, 5.74) is 1.29. The molecule has 3 nitrogen and oxygen atoms in total. The van der Waals surface area contributed by atoms with Gasteiger partial charge in [-0.1, -0.05) is 36.8 Å². The monoisotopic (exact) mass is 233 g/mol.